The Kier molecular flexibility index (Phi) is 4.60. The minimum atomic E-state index is -2.54. The zero-order valence-electron chi connectivity index (χ0n) is 10.2. The molecule has 0 bridgehead atoms. The topological polar surface area (TPSA) is 3.24 Å². The van der Waals surface area contributed by atoms with Crippen molar-refractivity contribution >= 4 is 33.2 Å². The van der Waals surface area contributed by atoms with Crippen LogP contribution in [0.15, 0.2) is 52.1 Å². The van der Waals surface area contributed by atoms with Gasteiger partial charge in [0.05, 0.1) is 17.3 Å². The van der Waals surface area contributed by atoms with Crippen molar-refractivity contribution < 1.29 is 13.2 Å². The van der Waals surface area contributed by atoms with E-state index in [0.717, 1.165) is 0 Å². The van der Waals surface area contributed by atoms with Gasteiger partial charge in [-0.05, 0) is 46.3 Å². The molecule has 0 aromatic heterocycles. The zero-order chi connectivity index (χ0) is 14.9. The highest BCUT2D eigenvalue weighted by Gasteiger charge is 2.24. The van der Waals surface area contributed by atoms with Crippen molar-refractivity contribution in [2.24, 2.45) is 0 Å². The summed E-state index contributed by atoms with van der Waals surface area (Å²) in [5.74, 6) is -0.412. The van der Waals surface area contributed by atoms with Gasteiger partial charge in [0.2, 0.25) is 0 Å². The number of hydrogen-bond acceptors (Lipinski definition) is 1. The van der Waals surface area contributed by atoms with Crippen LogP contribution in [-0.4, -0.2) is 17.9 Å². The molecule has 0 unspecified atom stereocenters. The molecule has 1 aromatic carbocycles. The van der Waals surface area contributed by atoms with Gasteiger partial charge in [-0.3, -0.25) is 0 Å². The van der Waals surface area contributed by atoms with Crippen LogP contribution in [0, 0.1) is 5.82 Å². The molecule has 6 heteroatoms. The molecule has 1 nitrogen and oxygen atoms in total. The Morgan fingerprint density at radius 2 is 2.00 bits per heavy atom. The van der Waals surface area contributed by atoms with Gasteiger partial charge in [-0.2, -0.15) is 0 Å². The fraction of sp³-hybridized carbons (Fsp3) is 0.143. The first-order valence-electron chi connectivity index (χ1n) is 5.68. The number of benzene rings is 1. The first kappa shape index (κ1) is 15.2. The van der Waals surface area contributed by atoms with Crippen LogP contribution in [0.2, 0.25) is 0 Å². The summed E-state index contributed by atoms with van der Waals surface area (Å²) in [6.07, 6.45) is 0.644. The molecule has 1 aromatic rings. The summed E-state index contributed by atoms with van der Waals surface area (Å²) in [6, 6.07) is 4.06. The molecule has 0 aliphatic carbocycles. The molecule has 20 heavy (non-hydrogen) atoms. The normalized spacial score (nSPS) is 15.5. The van der Waals surface area contributed by atoms with E-state index in [1.165, 1.54) is 23.1 Å². The first-order chi connectivity index (χ1) is 9.40. The maximum absolute atomic E-state index is 13.1. The molecule has 1 aliphatic heterocycles. The standard InChI is InChI=1S/C14H10BrClF3N/c1-8-12(16)4-5-13(20(8)7-14(18)19)10-3-2-9(17)6-11(10)15/h2-6,14H,1,7H2. The number of nitrogens with zero attached hydrogens (tertiary/aromatic N) is 1. The molecule has 0 spiro atoms. The SMILES string of the molecule is C=C1C(Cl)=CC=C(c2ccc(F)cc2Br)N1CC(F)F. The summed E-state index contributed by atoms with van der Waals surface area (Å²) in [4.78, 5) is 1.32. The van der Waals surface area contributed by atoms with Crippen molar-refractivity contribution in [2.45, 2.75) is 6.43 Å². The summed E-state index contributed by atoms with van der Waals surface area (Å²) < 4.78 is 39.1. The summed E-state index contributed by atoms with van der Waals surface area (Å²) in [5.41, 5.74) is 1.38. The van der Waals surface area contributed by atoms with Crippen molar-refractivity contribution in [3.05, 3.63) is 63.5 Å². The molecular formula is C14H10BrClF3N. The highest BCUT2D eigenvalue weighted by Crippen LogP contribution is 2.36. The minimum Gasteiger partial charge on any atom is -0.334 e. The molecule has 1 aliphatic rings. The molecule has 2 rings (SSSR count). The quantitative estimate of drug-likeness (QED) is 0.717. The second-order valence-electron chi connectivity index (χ2n) is 4.14. The maximum atomic E-state index is 13.1. The van der Waals surface area contributed by atoms with Crippen LogP contribution in [-0.2, 0) is 0 Å². The highest BCUT2D eigenvalue weighted by molar-refractivity contribution is 9.10. The van der Waals surface area contributed by atoms with Crippen molar-refractivity contribution in [1.29, 1.82) is 0 Å². The van der Waals surface area contributed by atoms with Crippen LogP contribution in [0.4, 0.5) is 13.2 Å². The largest absolute Gasteiger partial charge is 0.334 e. The number of rotatable bonds is 3. The Hall–Kier alpha value is -1.20. The van der Waals surface area contributed by atoms with Crippen molar-refractivity contribution in [2.75, 3.05) is 6.54 Å². The monoisotopic (exact) mass is 363 g/mol. The smallest absolute Gasteiger partial charge is 0.256 e. The van der Waals surface area contributed by atoms with E-state index < -0.39 is 18.8 Å². The van der Waals surface area contributed by atoms with E-state index in [9.17, 15) is 13.2 Å². The third-order valence-electron chi connectivity index (χ3n) is 2.81. The molecule has 0 fully saturated rings. The molecule has 0 saturated heterocycles. The van der Waals surface area contributed by atoms with E-state index in [-0.39, 0.29) is 0 Å². The van der Waals surface area contributed by atoms with E-state index in [1.807, 2.05) is 0 Å². The van der Waals surface area contributed by atoms with Crippen LogP contribution in [0.1, 0.15) is 5.56 Å². The van der Waals surface area contributed by atoms with Gasteiger partial charge in [-0.1, -0.05) is 18.2 Å². The summed E-state index contributed by atoms with van der Waals surface area (Å²) >= 11 is 9.15. The molecular weight excluding hydrogens is 355 g/mol. The Morgan fingerprint density at radius 3 is 2.60 bits per heavy atom. The van der Waals surface area contributed by atoms with Crippen molar-refractivity contribution in [1.82, 2.24) is 4.90 Å². The molecule has 106 valence electrons. The third kappa shape index (κ3) is 3.10. The van der Waals surface area contributed by atoms with Crippen molar-refractivity contribution in [3.8, 4) is 0 Å². The predicted octanol–water partition coefficient (Wildman–Crippen LogP) is 5.15. The van der Waals surface area contributed by atoms with Crippen LogP contribution in [0.25, 0.3) is 5.70 Å². The van der Waals surface area contributed by atoms with Gasteiger partial charge in [0.25, 0.3) is 6.43 Å². The van der Waals surface area contributed by atoms with Gasteiger partial charge in [0.15, 0.2) is 0 Å². The molecule has 0 atom stereocenters. The van der Waals surface area contributed by atoms with E-state index in [2.05, 4.69) is 22.5 Å². The Morgan fingerprint density at radius 1 is 1.30 bits per heavy atom. The average Bonchev–Trinajstić information content (AvgIpc) is 2.36. The number of allylic oxidation sites excluding steroid dienone is 3. The Labute approximate surface area is 128 Å². The molecule has 0 saturated carbocycles. The molecule has 1 heterocycles. The fourth-order valence-electron chi connectivity index (χ4n) is 1.89. The lowest BCUT2D eigenvalue weighted by Crippen LogP contribution is -2.28. The van der Waals surface area contributed by atoms with Crippen LogP contribution < -0.4 is 0 Å². The van der Waals surface area contributed by atoms with Crippen LogP contribution in [0.3, 0.4) is 0 Å². The fourth-order valence-corrected chi connectivity index (χ4v) is 2.61. The number of alkyl halides is 2. The van der Waals surface area contributed by atoms with Gasteiger partial charge in [-0.15, -0.1) is 0 Å². The Balaban J connectivity index is 2.48. The number of hydrogen-bond donors (Lipinski definition) is 0. The van der Waals surface area contributed by atoms with E-state index in [4.69, 9.17) is 11.6 Å². The molecule has 0 radical (unpaired) electrons. The van der Waals surface area contributed by atoms with Crippen LogP contribution in [0.5, 0.6) is 0 Å². The second-order valence-corrected chi connectivity index (χ2v) is 5.40. The summed E-state index contributed by atoms with van der Waals surface area (Å²) in [5, 5.41) is 0.299. The van der Waals surface area contributed by atoms with Crippen molar-refractivity contribution in [3.63, 3.8) is 0 Å². The molecule has 0 N–H and O–H groups in total. The molecule has 0 amide bonds. The predicted molar refractivity (Wildman–Crippen MR) is 77.9 cm³/mol. The minimum absolute atomic E-state index is 0.292. The highest BCUT2D eigenvalue weighted by atomic mass is 79.9. The number of halogens is 5. The zero-order valence-corrected chi connectivity index (χ0v) is 12.6. The maximum Gasteiger partial charge on any atom is 0.256 e. The summed E-state index contributed by atoms with van der Waals surface area (Å²) in [7, 11) is 0. The lowest BCUT2D eigenvalue weighted by Gasteiger charge is -2.31. The second kappa shape index (κ2) is 6.06. The van der Waals surface area contributed by atoms with Crippen LogP contribution >= 0.6 is 27.5 Å². The lowest BCUT2D eigenvalue weighted by atomic mass is 10.1. The average molecular weight is 365 g/mol. The van der Waals surface area contributed by atoms with Gasteiger partial charge in [-0.25, -0.2) is 13.2 Å². The van der Waals surface area contributed by atoms with Gasteiger partial charge < -0.3 is 4.90 Å². The first-order valence-corrected chi connectivity index (χ1v) is 6.85. The Bertz CT molecular complexity index is 610. The van der Waals surface area contributed by atoms with E-state index in [1.54, 1.807) is 12.2 Å². The third-order valence-corrected chi connectivity index (χ3v) is 3.81. The van der Waals surface area contributed by atoms with Gasteiger partial charge >= 0.3 is 0 Å². The van der Waals surface area contributed by atoms with Gasteiger partial charge in [0.1, 0.15) is 5.82 Å². The van der Waals surface area contributed by atoms with E-state index >= 15 is 0 Å². The lowest BCUT2D eigenvalue weighted by molar-refractivity contribution is 0.123. The summed E-state index contributed by atoms with van der Waals surface area (Å²) in [6.45, 7) is 3.19. The van der Waals surface area contributed by atoms with E-state index in [0.29, 0.717) is 26.5 Å². The van der Waals surface area contributed by atoms with Gasteiger partial charge in [0, 0.05) is 15.7 Å².